The van der Waals surface area contributed by atoms with Gasteiger partial charge in [0, 0.05) is 19.0 Å². The number of alkyl halides is 2. The molecule has 1 aliphatic rings. The van der Waals surface area contributed by atoms with Crippen LogP contribution in [0.3, 0.4) is 0 Å². The number of rotatable bonds is 5. The molecule has 1 N–H and O–H groups in total. The molecular formula is C14H14F2N2O4S. The summed E-state index contributed by atoms with van der Waals surface area (Å²) in [6.45, 7) is -1.03. The van der Waals surface area contributed by atoms with Crippen molar-refractivity contribution < 1.29 is 27.1 Å². The number of benzene rings is 1. The lowest BCUT2D eigenvalue weighted by molar-refractivity contribution is -0.144. The van der Waals surface area contributed by atoms with Crippen molar-refractivity contribution in [1.82, 2.24) is 4.31 Å². The lowest BCUT2D eigenvalue weighted by Crippen LogP contribution is -2.30. The first-order valence-corrected chi connectivity index (χ1v) is 8.18. The van der Waals surface area contributed by atoms with Gasteiger partial charge < -0.3 is 5.11 Å². The second-order valence-electron chi connectivity index (χ2n) is 5.25. The summed E-state index contributed by atoms with van der Waals surface area (Å²) in [6, 6.07) is 7.51. The molecule has 23 heavy (non-hydrogen) atoms. The molecule has 0 unspecified atom stereocenters. The lowest BCUT2D eigenvalue weighted by atomic mass is 9.97. The maximum atomic E-state index is 13.0. The zero-order valence-corrected chi connectivity index (χ0v) is 12.7. The van der Waals surface area contributed by atoms with Crippen molar-refractivity contribution in [3.05, 3.63) is 29.8 Å². The van der Waals surface area contributed by atoms with Gasteiger partial charge in [0.25, 0.3) is 0 Å². The van der Waals surface area contributed by atoms with Crippen molar-refractivity contribution >= 4 is 16.0 Å². The van der Waals surface area contributed by atoms with Gasteiger partial charge in [0.05, 0.1) is 23.3 Å². The summed E-state index contributed by atoms with van der Waals surface area (Å²) in [6.07, 6.45) is -2.90. The zero-order chi connectivity index (χ0) is 17.2. The molecule has 1 fully saturated rings. The maximum absolute atomic E-state index is 13.0. The number of sulfonamides is 1. The van der Waals surface area contributed by atoms with E-state index in [0.717, 1.165) is 4.31 Å². The zero-order valence-electron chi connectivity index (χ0n) is 11.9. The van der Waals surface area contributed by atoms with Gasteiger partial charge in [-0.15, -0.1) is 0 Å². The van der Waals surface area contributed by atoms with Gasteiger partial charge >= 0.3 is 5.97 Å². The molecule has 1 aliphatic heterocycles. The van der Waals surface area contributed by atoms with E-state index in [4.69, 9.17) is 10.4 Å². The first-order chi connectivity index (χ1) is 10.8. The molecule has 1 aromatic carbocycles. The Morgan fingerprint density at radius 1 is 1.43 bits per heavy atom. The van der Waals surface area contributed by atoms with Crippen LogP contribution in [-0.4, -0.2) is 43.3 Å². The topological polar surface area (TPSA) is 98.5 Å². The van der Waals surface area contributed by atoms with E-state index in [2.05, 4.69) is 0 Å². The van der Waals surface area contributed by atoms with E-state index < -0.39 is 47.3 Å². The van der Waals surface area contributed by atoms with Crippen molar-refractivity contribution in [2.45, 2.75) is 17.7 Å². The van der Waals surface area contributed by atoms with Crippen LogP contribution in [0.4, 0.5) is 8.78 Å². The number of carboxylic acids is 1. The summed E-state index contributed by atoms with van der Waals surface area (Å²) in [5, 5.41) is 17.7. The van der Waals surface area contributed by atoms with Crippen LogP contribution in [0.1, 0.15) is 5.56 Å². The van der Waals surface area contributed by atoms with Gasteiger partial charge in [-0.3, -0.25) is 4.79 Å². The Bertz CT molecular complexity index is 745. The fourth-order valence-corrected chi connectivity index (χ4v) is 4.13. The number of nitriles is 1. The molecule has 0 radical (unpaired) electrons. The normalized spacial score (nSPS) is 22.2. The Morgan fingerprint density at radius 3 is 2.65 bits per heavy atom. The number of halogens is 2. The van der Waals surface area contributed by atoms with Crippen molar-refractivity contribution in [3.8, 4) is 6.07 Å². The maximum Gasteiger partial charge on any atom is 0.308 e. The smallest absolute Gasteiger partial charge is 0.308 e. The molecule has 0 spiro atoms. The van der Waals surface area contributed by atoms with E-state index in [9.17, 15) is 22.0 Å². The van der Waals surface area contributed by atoms with Crippen molar-refractivity contribution in [2.24, 2.45) is 11.8 Å². The molecule has 9 heteroatoms. The summed E-state index contributed by atoms with van der Waals surface area (Å²) < 4.78 is 51.8. The second-order valence-corrected chi connectivity index (χ2v) is 7.19. The van der Waals surface area contributed by atoms with Crippen molar-refractivity contribution in [3.63, 3.8) is 0 Å². The highest BCUT2D eigenvalue weighted by Gasteiger charge is 2.46. The number of aliphatic carboxylic acids is 1. The largest absolute Gasteiger partial charge is 0.481 e. The average Bonchev–Trinajstić information content (AvgIpc) is 2.94. The first-order valence-electron chi connectivity index (χ1n) is 6.74. The number of carboxylic acid groups (broad SMARTS) is 1. The molecule has 1 aromatic rings. The van der Waals surface area contributed by atoms with E-state index in [1.807, 2.05) is 6.07 Å². The predicted octanol–water partition coefficient (Wildman–Crippen LogP) is 1.34. The average molecular weight is 344 g/mol. The van der Waals surface area contributed by atoms with Gasteiger partial charge in [-0.25, -0.2) is 17.2 Å². The molecule has 1 heterocycles. The quantitative estimate of drug-likeness (QED) is 0.869. The lowest BCUT2D eigenvalue weighted by Gasteiger charge is -2.16. The minimum atomic E-state index is -4.09. The highest BCUT2D eigenvalue weighted by Crippen LogP contribution is 2.33. The van der Waals surface area contributed by atoms with Gasteiger partial charge in [-0.05, 0) is 17.7 Å². The van der Waals surface area contributed by atoms with E-state index in [1.165, 1.54) is 18.2 Å². The standard InChI is InChI=1S/C14H14F2N2O4S/c15-13(16)11-7-18(8-12(11)14(19)20)23(21,22)10-3-1-2-9(6-10)4-5-17/h1-3,6,11-13H,4,7-8H2,(H,19,20)/t11-,12-/m1/s1. The molecule has 124 valence electrons. The third kappa shape index (κ3) is 3.48. The fourth-order valence-electron chi connectivity index (χ4n) is 2.56. The van der Waals surface area contributed by atoms with Gasteiger partial charge in [-0.1, -0.05) is 12.1 Å². The van der Waals surface area contributed by atoms with E-state index in [1.54, 1.807) is 6.07 Å². The number of hydrogen-bond donors (Lipinski definition) is 1. The Kier molecular flexibility index (Phi) is 4.97. The summed E-state index contributed by atoms with van der Waals surface area (Å²) in [7, 11) is -4.09. The number of carbonyl (C=O) groups is 1. The second kappa shape index (κ2) is 6.60. The first kappa shape index (κ1) is 17.3. The predicted molar refractivity (Wildman–Crippen MR) is 75.1 cm³/mol. The van der Waals surface area contributed by atoms with E-state index >= 15 is 0 Å². The van der Waals surface area contributed by atoms with Gasteiger partial charge in [-0.2, -0.15) is 9.57 Å². The molecule has 6 nitrogen and oxygen atoms in total. The fraction of sp³-hybridized carbons (Fsp3) is 0.429. The SMILES string of the molecule is N#CCc1cccc(S(=O)(=O)N2C[C@@H](C(=O)O)[C@H](C(F)F)C2)c1. The van der Waals surface area contributed by atoms with E-state index in [0.29, 0.717) is 5.56 Å². The molecular weight excluding hydrogens is 330 g/mol. The minimum Gasteiger partial charge on any atom is -0.481 e. The molecule has 0 amide bonds. The Morgan fingerprint density at radius 2 is 2.13 bits per heavy atom. The van der Waals surface area contributed by atoms with Crippen LogP contribution in [0.25, 0.3) is 0 Å². The minimum absolute atomic E-state index is 0.0147. The van der Waals surface area contributed by atoms with Crippen LogP contribution in [0, 0.1) is 23.2 Å². The molecule has 2 rings (SSSR count). The van der Waals surface area contributed by atoms with Gasteiger partial charge in [0.2, 0.25) is 16.4 Å². The number of nitrogens with zero attached hydrogens (tertiary/aromatic N) is 2. The third-order valence-corrected chi connectivity index (χ3v) is 5.62. The summed E-state index contributed by atoms with van der Waals surface area (Å²) in [5.41, 5.74) is 0.480. The van der Waals surface area contributed by atoms with Crippen LogP contribution >= 0.6 is 0 Å². The molecule has 0 aliphatic carbocycles. The highest BCUT2D eigenvalue weighted by molar-refractivity contribution is 7.89. The molecule has 1 saturated heterocycles. The van der Waals surface area contributed by atoms with Crippen LogP contribution in [0.15, 0.2) is 29.2 Å². The summed E-state index contributed by atoms with van der Waals surface area (Å²) >= 11 is 0. The Balaban J connectivity index is 2.32. The monoisotopic (exact) mass is 344 g/mol. The molecule has 0 bridgehead atoms. The molecule has 0 aromatic heterocycles. The van der Waals surface area contributed by atoms with Crippen LogP contribution in [-0.2, 0) is 21.2 Å². The Hall–Kier alpha value is -2.05. The highest BCUT2D eigenvalue weighted by atomic mass is 32.2. The van der Waals surface area contributed by atoms with Crippen LogP contribution in [0.5, 0.6) is 0 Å². The van der Waals surface area contributed by atoms with Gasteiger partial charge in [0.15, 0.2) is 0 Å². The molecule has 2 atom stereocenters. The third-order valence-electron chi connectivity index (χ3n) is 3.79. The van der Waals surface area contributed by atoms with Crippen LogP contribution < -0.4 is 0 Å². The number of hydrogen-bond acceptors (Lipinski definition) is 4. The summed E-state index contributed by atoms with van der Waals surface area (Å²) in [4.78, 5) is 10.9. The summed E-state index contributed by atoms with van der Waals surface area (Å²) in [5.74, 6) is -4.41. The molecule has 0 saturated carbocycles. The van der Waals surface area contributed by atoms with Gasteiger partial charge in [0.1, 0.15) is 0 Å². The van der Waals surface area contributed by atoms with Crippen LogP contribution in [0.2, 0.25) is 0 Å². The van der Waals surface area contributed by atoms with Crippen molar-refractivity contribution in [2.75, 3.05) is 13.1 Å². The van der Waals surface area contributed by atoms with Crippen molar-refractivity contribution in [1.29, 1.82) is 5.26 Å². The Labute approximate surface area is 132 Å². The van der Waals surface area contributed by atoms with E-state index in [-0.39, 0.29) is 11.3 Å².